The topological polar surface area (TPSA) is 56.5 Å². The van der Waals surface area contributed by atoms with Gasteiger partial charge in [-0.15, -0.1) is 10.2 Å². The molecule has 20 heavy (non-hydrogen) atoms. The number of halogens is 5. The van der Waals surface area contributed by atoms with Gasteiger partial charge in [-0.3, -0.25) is 4.40 Å². The smallest absolute Gasteiger partial charge is 0.461 e. The Morgan fingerprint density at radius 2 is 1.85 bits per heavy atom. The van der Waals surface area contributed by atoms with Crippen LogP contribution in [0.4, 0.5) is 22.0 Å². The number of aromatic nitrogens is 3. The van der Waals surface area contributed by atoms with Crippen LogP contribution in [0.5, 0.6) is 0 Å². The molecule has 0 aliphatic carbocycles. The van der Waals surface area contributed by atoms with Gasteiger partial charge in [0.2, 0.25) is 5.82 Å². The van der Waals surface area contributed by atoms with Crippen molar-refractivity contribution in [3.8, 4) is 0 Å². The van der Waals surface area contributed by atoms with Crippen molar-refractivity contribution in [1.29, 1.82) is 0 Å². The molecule has 2 aromatic rings. The van der Waals surface area contributed by atoms with Crippen LogP contribution in [0.3, 0.4) is 0 Å². The summed E-state index contributed by atoms with van der Waals surface area (Å²) in [7, 11) is 1.05. The first kappa shape index (κ1) is 14.2. The lowest BCUT2D eigenvalue weighted by Gasteiger charge is -2.17. The summed E-state index contributed by atoms with van der Waals surface area (Å²) >= 11 is 0. The first-order valence-corrected chi connectivity index (χ1v) is 5.06. The maximum absolute atomic E-state index is 13.3. The van der Waals surface area contributed by atoms with Crippen molar-refractivity contribution in [2.24, 2.45) is 0 Å². The maximum Gasteiger partial charge on any atom is 0.461 e. The molecule has 10 heteroatoms. The molecule has 108 valence electrons. The van der Waals surface area contributed by atoms with Gasteiger partial charge in [-0.1, -0.05) is 0 Å². The molecule has 0 aliphatic heterocycles. The van der Waals surface area contributed by atoms with Gasteiger partial charge in [0.25, 0.3) is 0 Å². The van der Waals surface area contributed by atoms with E-state index in [-0.39, 0.29) is 11.2 Å². The number of alkyl halides is 5. The molecule has 0 saturated carbocycles. The average Bonchev–Trinajstić information content (AvgIpc) is 2.79. The highest BCUT2D eigenvalue weighted by Crippen LogP contribution is 2.42. The van der Waals surface area contributed by atoms with Gasteiger partial charge in [0.15, 0.2) is 5.65 Å². The molecule has 0 spiro atoms. The minimum atomic E-state index is -5.82. The minimum Gasteiger partial charge on any atom is -0.465 e. The average molecular weight is 295 g/mol. The number of esters is 1. The third kappa shape index (κ3) is 2.06. The summed E-state index contributed by atoms with van der Waals surface area (Å²) in [5.74, 6) is -7.70. The van der Waals surface area contributed by atoms with E-state index in [2.05, 4.69) is 14.9 Å². The van der Waals surface area contributed by atoms with Gasteiger partial charge in [0.05, 0.1) is 12.7 Å². The number of hydrogen-bond acceptors (Lipinski definition) is 4. The van der Waals surface area contributed by atoms with E-state index < -0.39 is 23.9 Å². The van der Waals surface area contributed by atoms with Crippen molar-refractivity contribution in [1.82, 2.24) is 14.6 Å². The quantitative estimate of drug-likeness (QED) is 0.629. The molecular formula is C10H6F5N3O2. The number of hydrogen-bond donors (Lipinski definition) is 0. The zero-order valence-corrected chi connectivity index (χ0v) is 9.78. The van der Waals surface area contributed by atoms with E-state index >= 15 is 0 Å². The van der Waals surface area contributed by atoms with Crippen LogP contribution in [0.1, 0.15) is 16.2 Å². The Hall–Kier alpha value is -2.26. The molecule has 0 atom stereocenters. The lowest BCUT2D eigenvalue weighted by molar-refractivity contribution is -0.292. The fourth-order valence-corrected chi connectivity index (χ4v) is 1.47. The summed E-state index contributed by atoms with van der Waals surface area (Å²) in [6.45, 7) is 0. The number of rotatable bonds is 2. The molecule has 0 amide bonds. The van der Waals surface area contributed by atoms with E-state index in [0.29, 0.717) is 4.40 Å². The number of methoxy groups -OCH3 is 1. The van der Waals surface area contributed by atoms with Crippen LogP contribution in [0.2, 0.25) is 0 Å². The molecule has 0 unspecified atom stereocenters. The number of ether oxygens (including phenoxy) is 1. The summed E-state index contributed by atoms with van der Waals surface area (Å²) in [6.07, 6.45) is -5.06. The van der Waals surface area contributed by atoms with E-state index in [1.807, 2.05) is 0 Å². The highest BCUT2D eigenvalue weighted by molar-refractivity contribution is 5.89. The van der Waals surface area contributed by atoms with Crippen LogP contribution in [0.15, 0.2) is 18.3 Å². The predicted molar refractivity (Wildman–Crippen MR) is 54.3 cm³/mol. The largest absolute Gasteiger partial charge is 0.465 e. The summed E-state index contributed by atoms with van der Waals surface area (Å²) in [5.41, 5.74) is -0.462. The van der Waals surface area contributed by atoms with Crippen LogP contribution in [0.25, 0.3) is 5.65 Å². The minimum absolute atomic E-state index is 0.209. The molecule has 0 fully saturated rings. The number of carbonyl (C=O) groups excluding carboxylic acids is 1. The number of pyridine rings is 1. The number of fused-ring (bicyclic) bond motifs is 1. The van der Waals surface area contributed by atoms with E-state index in [1.54, 1.807) is 0 Å². The summed E-state index contributed by atoms with van der Waals surface area (Å²) in [4.78, 5) is 11.3. The van der Waals surface area contributed by atoms with E-state index in [0.717, 1.165) is 19.4 Å². The zero-order chi connectivity index (χ0) is 15.1. The van der Waals surface area contributed by atoms with Gasteiger partial charge in [-0.2, -0.15) is 22.0 Å². The van der Waals surface area contributed by atoms with Crippen molar-refractivity contribution >= 4 is 11.6 Å². The Bertz CT molecular complexity index is 664. The molecule has 0 aliphatic rings. The lowest BCUT2D eigenvalue weighted by atomic mass is 10.2. The van der Waals surface area contributed by atoms with Crippen molar-refractivity contribution in [2.45, 2.75) is 12.1 Å². The fraction of sp³-hybridized carbons (Fsp3) is 0.300. The molecule has 0 aromatic carbocycles. The summed E-state index contributed by atoms with van der Waals surface area (Å²) in [5, 5.41) is 6.06. The number of nitrogens with zero attached hydrogens (tertiary/aromatic N) is 3. The molecular weight excluding hydrogens is 289 g/mol. The molecule has 0 N–H and O–H groups in total. The van der Waals surface area contributed by atoms with Gasteiger partial charge in [0, 0.05) is 6.20 Å². The Labute approximate surface area is 108 Å². The number of carbonyl (C=O) groups is 1. The Balaban J connectivity index is 2.64. The highest BCUT2D eigenvalue weighted by Gasteiger charge is 2.62. The second-order valence-corrected chi connectivity index (χ2v) is 3.73. The maximum atomic E-state index is 13.3. The van der Waals surface area contributed by atoms with Crippen LogP contribution >= 0.6 is 0 Å². The molecule has 0 saturated heterocycles. The second-order valence-electron chi connectivity index (χ2n) is 3.73. The third-order valence-corrected chi connectivity index (χ3v) is 2.46. The molecule has 2 heterocycles. The molecule has 5 nitrogen and oxygen atoms in total. The van der Waals surface area contributed by atoms with Crippen molar-refractivity contribution in [3.63, 3.8) is 0 Å². The molecule has 0 bridgehead atoms. The van der Waals surface area contributed by atoms with Crippen LogP contribution in [-0.2, 0) is 10.7 Å². The van der Waals surface area contributed by atoms with Crippen LogP contribution < -0.4 is 0 Å². The Morgan fingerprint density at radius 1 is 1.20 bits per heavy atom. The van der Waals surface area contributed by atoms with Gasteiger partial charge < -0.3 is 4.74 Å². The van der Waals surface area contributed by atoms with E-state index in [9.17, 15) is 26.7 Å². The van der Waals surface area contributed by atoms with E-state index in [4.69, 9.17) is 0 Å². The Kier molecular flexibility index (Phi) is 3.11. The van der Waals surface area contributed by atoms with Gasteiger partial charge in [-0.25, -0.2) is 4.79 Å². The summed E-state index contributed by atoms with van der Waals surface area (Å²) < 4.78 is 68.3. The standard InChI is InChI=1S/C10H6F5N3O2/c1-20-7(19)5-2-3-6-16-17-8(18(6)4-5)9(11,12)10(13,14)15/h2-4H,1H3. The lowest BCUT2D eigenvalue weighted by Crippen LogP contribution is -2.35. The summed E-state index contributed by atoms with van der Waals surface area (Å²) in [6, 6.07) is 2.25. The first-order valence-electron chi connectivity index (χ1n) is 5.06. The first-order chi connectivity index (χ1) is 9.18. The van der Waals surface area contributed by atoms with Gasteiger partial charge >= 0.3 is 18.1 Å². The predicted octanol–water partition coefficient (Wildman–Crippen LogP) is 2.17. The highest BCUT2D eigenvalue weighted by atomic mass is 19.4. The van der Waals surface area contributed by atoms with Crippen molar-refractivity contribution < 1.29 is 31.5 Å². The zero-order valence-electron chi connectivity index (χ0n) is 9.78. The van der Waals surface area contributed by atoms with Gasteiger partial charge in [0.1, 0.15) is 0 Å². The van der Waals surface area contributed by atoms with Crippen LogP contribution in [0, 0.1) is 0 Å². The van der Waals surface area contributed by atoms with E-state index in [1.165, 1.54) is 6.07 Å². The third-order valence-electron chi connectivity index (χ3n) is 2.46. The molecule has 2 aromatic heterocycles. The Morgan fingerprint density at radius 3 is 2.40 bits per heavy atom. The molecule has 0 radical (unpaired) electrons. The fourth-order valence-electron chi connectivity index (χ4n) is 1.47. The normalized spacial score (nSPS) is 12.7. The van der Waals surface area contributed by atoms with Crippen molar-refractivity contribution in [2.75, 3.05) is 7.11 Å². The van der Waals surface area contributed by atoms with Gasteiger partial charge in [-0.05, 0) is 12.1 Å². The van der Waals surface area contributed by atoms with Crippen molar-refractivity contribution in [3.05, 3.63) is 29.7 Å². The monoisotopic (exact) mass is 295 g/mol. The molecule has 2 rings (SSSR count). The van der Waals surface area contributed by atoms with Crippen LogP contribution in [-0.4, -0.2) is 33.9 Å². The SMILES string of the molecule is COC(=O)c1ccc2nnc(C(F)(F)C(F)(F)F)n2c1. The second kappa shape index (κ2) is 4.39.